The molecule has 0 saturated carbocycles. The molecule has 96 valence electrons. The predicted octanol–water partition coefficient (Wildman–Crippen LogP) is 2.86. The maximum atomic E-state index is 10.1. The van der Waals surface area contributed by atoms with Gasteiger partial charge in [-0.3, -0.25) is 0 Å². The van der Waals surface area contributed by atoms with E-state index in [1.54, 1.807) is 0 Å². The fourth-order valence-corrected chi connectivity index (χ4v) is 3.48. The lowest BCUT2D eigenvalue weighted by Crippen LogP contribution is -2.41. The zero-order chi connectivity index (χ0) is 12.5. The molecule has 0 bridgehead atoms. The van der Waals surface area contributed by atoms with Crippen LogP contribution in [-0.2, 0) is 4.74 Å². The second-order valence-electron chi connectivity index (χ2n) is 4.41. The third-order valence-electron chi connectivity index (χ3n) is 2.97. The Bertz CT molecular complexity index is 391. The third kappa shape index (κ3) is 3.34. The molecule has 2 rings (SSSR count). The standard InChI is InChI=1S/C11H15Cl2NO2S/c1-7(8-4-9(12)17-10(8)13)14-5-11(15)2-3-16-6-11/h4,7,14-15H,2-3,5-6H2,1H3. The molecule has 0 aliphatic carbocycles. The molecule has 17 heavy (non-hydrogen) atoms. The highest BCUT2D eigenvalue weighted by Gasteiger charge is 2.32. The molecular formula is C11H15Cl2NO2S. The first-order chi connectivity index (χ1) is 8.00. The monoisotopic (exact) mass is 295 g/mol. The van der Waals surface area contributed by atoms with Crippen molar-refractivity contribution in [2.75, 3.05) is 19.8 Å². The van der Waals surface area contributed by atoms with Crippen LogP contribution in [0.3, 0.4) is 0 Å². The van der Waals surface area contributed by atoms with E-state index in [4.69, 9.17) is 27.9 Å². The first-order valence-corrected chi connectivity index (χ1v) is 7.06. The van der Waals surface area contributed by atoms with Crippen LogP contribution < -0.4 is 5.32 Å². The first-order valence-electron chi connectivity index (χ1n) is 5.48. The van der Waals surface area contributed by atoms with Crippen LogP contribution in [0.15, 0.2) is 6.07 Å². The Morgan fingerprint density at radius 2 is 2.41 bits per heavy atom. The van der Waals surface area contributed by atoms with Crippen molar-refractivity contribution >= 4 is 34.5 Å². The number of ether oxygens (including phenoxy) is 1. The average Bonchev–Trinajstić information content (AvgIpc) is 2.83. The van der Waals surface area contributed by atoms with Crippen molar-refractivity contribution in [3.63, 3.8) is 0 Å². The summed E-state index contributed by atoms with van der Waals surface area (Å²) in [6, 6.07) is 1.93. The van der Waals surface area contributed by atoms with Crippen LogP contribution in [0.4, 0.5) is 0 Å². The average molecular weight is 296 g/mol. The zero-order valence-electron chi connectivity index (χ0n) is 9.50. The van der Waals surface area contributed by atoms with Crippen LogP contribution in [0, 0.1) is 0 Å². The molecule has 1 aliphatic heterocycles. The second kappa shape index (κ2) is 5.43. The van der Waals surface area contributed by atoms with Gasteiger partial charge in [0.05, 0.1) is 15.3 Å². The minimum atomic E-state index is -0.749. The Hall–Kier alpha value is 0.160. The first kappa shape index (κ1) is 13.6. The Morgan fingerprint density at radius 1 is 1.65 bits per heavy atom. The highest BCUT2D eigenvalue weighted by Crippen LogP contribution is 2.35. The highest BCUT2D eigenvalue weighted by atomic mass is 35.5. The minimum absolute atomic E-state index is 0.0656. The van der Waals surface area contributed by atoms with Crippen molar-refractivity contribution in [3.05, 3.63) is 20.3 Å². The molecular weight excluding hydrogens is 281 g/mol. The van der Waals surface area contributed by atoms with Crippen molar-refractivity contribution in [1.82, 2.24) is 5.32 Å². The number of aliphatic hydroxyl groups is 1. The fraction of sp³-hybridized carbons (Fsp3) is 0.636. The van der Waals surface area contributed by atoms with Gasteiger partial charge in [-0.1, -0.05) is 23.2 Å². The molecule has 2 N–H and O–H groups in total. The number of rotatable bonds is 4. The van der Waals surface area contributed by atoms with Crippen LogP contribution in [0.5, 0.6) is 0 Å². The number of nitrogens with one attached hydrogen (secondary N) is 1. The smallest absolute Gasteiger partial charge is 0.103 e. The van der Waals surface area contributed by atoms with Crippen LogP contribution >= 0.6 is 34.5 Å². The van der Waals surface area contributed by atoms with Gasteiger partial charge in [-0.15, -0.1) is 11.3 Å². The molecule has 2 atom stereocenters. The molecule has 1 aromatic rings. The van der Waals surface area contributed by atoms with Gasteiger partial charge in [-0.05, 0) is 18.6 Å². The largest absolute Gasteiger partial charge is 0.386 e. The second-order valence-corrected chi connectivity index (χ2v) is 6.69. The fourth-order valence-electron chi connectivity index (χ4n) is 1.84. The van der Waals surface area contributed by atoms with Gasteiger partial charge in [0, 0.05) is 25.6 Å². The van der Waals surface area contributed by atoms with E-state index >= 15 is 0 Å². The normalized spacial score (nSPS) is 26.4. The van der Waals surface area contributed by atoms with Gasteiger partial charge in [-0.25, -0.2) is 0 Å². The van der Waals surface area contributed by atoms with Crippen molar-refractivity contribution in [1.29, 1.82) is 0 Å². The molecule has 1 saturated heterocycles. The van der Waals surface area contributed by atoms with Crippen molar-refractivity contribution in [3.8, 4) is 0 Å². The molecule has 6 heteroatoms. The van der Waals surface area contributed by atoms with Gasteiger partial charge in [0.2, 0.25) is 0 Å². The van der Waals surface area contributed by atoms with Crippen LogP contribution in [-0.4, -0.2) is 30.5 Å². The Kier molecular flexibility index (Phi) is 4.34. The topological polar surface area (TPSA) is 41.5 Å². The van der Waals surface area contributed by atoms with Crippen molar-refractivity contribution in [2.45, 2.75) is 25.0 Å². The molecule has 1 aromatic heterocycles. The molecule has 3 nitrogen and oxygen atoms in total. The Balaban J connectivity index is 1.93. The third-order valence-corrected chi connectivity index (χ3v) is 4.49. The van der Waals surface area contributed by atoms with Gasteiger partial charge in [0.25, 0.3) is 0 Å². The van der Waals surface area contributed by atoms with Gasteiger partial charge >= 0.3 is 0 Å². The summed E-state index contributed by atoms with van der Waals surface area (Å²) in [6.45, 7) is 3.52. The van der Waals surface area contributed by atoms with E-state index in [1.165, 1.54) is 11.3 Å². The molecule has 2 heterocycles. The van der Waals surface area contributed by atoms with Crippen LogP contribution in [0.1, 0.15) is 24.9 Å². The summed E-state index contributed by atoms with van der Waals surface area (Å²) in [5.74, 6) is 0. The maximum Gasteiger partial charge on any atom is 0.103 e. The maximum absolute atomic E-state index is 10.1. The summed E-state index contributed by atoms with van der Waals surface area (Å²) in [6.07, 6.45) is 0.671. The lowest BCUT2D eigenvalue weighted by Gasteiger charge is -2.23. The predicted molar refractivity (Wildman–Crippen MR) is 71.1 cm³/mol. The van der Waals surface area contributed by atoms with E-state index in [0.717, 1.165) is 5.56 Å². The number of hydrogen-bond acceptors (Lipinski definition) is 4. The van der Waals surface area contributed by atoms with E-state index in [1.807, 2.05) is 13.0 Å². The number of thiophene rings is 1. The van der Waals surface area contributed by atoms with Crippen LogP contribution in [0.2, 0.25) is 8.67 Å². The summed E-state index contributed by atoms with van der Waals surface area (Å²) >= 11 is 13.3. The minimum Gasteiger partial charge on any atom is -0.386 e. The number of hydrogen-bond donors (Lipinski definition) is 2. The van der Waals surface area contributed by atoms with Gasteiger partial charge in [0.1, 0.15) is 5.60 Å². The Morgan fingerprint density at radius 3 is 2.94 bits per heavy atom. The van der Waals surface area contributed by atoms with Crippen molar-refractivity contribution in [2.24, 2.45) is 0 Å². The summed E-state index contributed by atoms with van der Waals surface area (Å²) in [5, 5.41) is 13.4. The summed E-state index contributed by atoms with van der Waals surface area (Å²) in [5.41, 5.74) is 0.227. The van der Waals surface area contributed by atoms with E-state index in [-0.39, 0.29) is 6.04 Å². The van der Waals surface area contributed by atoms with Crippen LogP contribution in [0.25, 0.3) is 0 Å². The number of halogens is 2. The summed E-state index contributed by atoms with van der Waals surface area (Å²) in [7, 11) is 0. The summed E-state index contributed by atoms with van der Waals surface area (Å²) in [4.78, 5) is 0. The zero-order valence-corrected chi connectivity index (χ0v) is 11.8. The van der Waals surface area contributed by atoms with E-state index in [9.17, 15) is 5.11 Å². The van der Waals surface area contributed by atoms with Crippen molar-refractivity contribution < 1.29 is 9.84 Å². The van der Waals surface area contributed by atoms with E-state index in [0.29, 0.717) is 34.9 Å². The molecule has 2 unspecified atom stereocenters. The van der Waals surface area contributed by atoms with Gasteiger partial charge in [0.15, 0.2) is 0 Å². The quantitative estimate of drug-likeness (QED) is 0.897. The summed E-state index contributed by atoms with van der Waals surface area (Å²) < 4.78 is 6.57. The molecule has 1 fully saturated rings. The molecule has 0 aromatic carbocycles. The van der Waals surface area contributed by atoms with E-state index in [2.05, 4.69) is 5.32 Å². The molecule has 0 spiro atoms. The van der Waals surface area contributed by atoms with Gasteiger partial charge < -0.3 is 15.2 Å². The molecule has 0 amide bonds. The lowest BCUT2D eigenvalue weighted by molar-refractivity contribution is 0.0252. The molecule has 0 radical (unpaired) electrons. The highest BCUT2D eigenvalue weighted by molar-refractivity contribution is 7.20. The van der Waals surface area contributed by atoms with E-state index < -0.39 is 5.60 Å². The SMILES string of the molecule is CC(NCC1(O)CCOC1)c1cc(Cl)sc1Cl. The molecule has 1 aliphatic rings. The Labute approximate surface area is 115 Å². The van der Waals surface area contributed by atoms with Gasteiger partial charge in [-0.2, -0.15) is 0 Å². The lowest BCUT2D eigenvalue weighted by atomic mass is 10.0.